The van der Waals surface area contributed by atoms with Gasteiger partial charge in [0.25, 0.3) is 0 Å². The first kappa shape index (κ1) is 18.5. The van der Waals surface area contributed by atoms with Crippen LogP contribution in [0.25, 0.3) is 0 Å². The van der Waals surface area contributed by atoms with Gasteiger partial charge in [0.1, 0.15) is 0 Å². The molecule has 0 amide bonds. The maximum atomic E-state index is 5.73. The first-order chi connectivity index (χ1) is 11.3. The van der Waals surface area contributed by atoms with Gasteiger partial charge in [0.15, 0.2) is 5.96 Å². The third-order valence-corrected chi connectivity index (χ3v) is 5.35. The van der Waals surface area contributed by atoms with Crippen molar-refractivity contribution in [2.24, 2.45) is 10.9 Å². The van der Waals surface area contributed by atoms with E-state index in [-0.39, 0.29) is 0 Å². The van der Waals surface area contributed by atoms with Gasteiger partial charge in [-0.15, -0.1) is 0 Å². The van der Waals surface area contributed by atoms with E-state index in [0.717, 1.165) is 51.0 Å². The fourth-order valence-corrected chi connectivity index (χ4v) is 3.78. The zero-order chi connectivity index (χ0) is 16.5. The molecule has 0 unspecified atom stereocenters. The molecule has 2 saturated heterocycles. The standard InChI is InChI=1S/C18H36N4O/c1-4-21-12-7-16(8-13-21)6-11-20-18(19-3)22-14-9-17(10-15-22)23-5-2/h16-17H,4-15H2,1-3H3,(H,19,20). The molecule has 5 heteroatoms. The number of likely N-dealkylation sites (tertiary alicyclic amines) is 2. The molecule has 1 N–H and O–H groups in total. The molecule has 2 rings (SSSR count). The van der Waals surface area contributed by atoms with E-state index in [1.54, 1.807) is 0 Å². The number of hydrogen-bond donors (Lipinski definition) is 1. The lowest BCUT2D eigenvalue weighted by atomic mass is 9.93. The summed E-state index contributed by atoms with van der Waals surface area (Å²) in [6, 6.07) is 0. The van der Waals surface area contributed by atoms with Crippen LogP contribution in [0.4, 0.5) is 0 Å². The van der Waals surface area contributed by atoms with Crippen LogP contribution in [0.2, 0.25) is 0 Å². The monoisotopic (exact) mass is 324 g/mol. The first-order valence-corrected chi connectivity index (χ1v) is 9.56. The molecule has 0 aromatic rings. The van der Waals surface area contributed by atoms with Crippen molar-refractivity contribution in [2.75, 3.05) is 52.9 Å². The zero-order valence-corrected chi connectivity index (χ0v) is 15.4. The Bertz CT molecular complexity index is 345. The molecule has 0 atom stereocenters. The van der Waals surface area contributed by atoms with Gasteiger partial charge in [-0.2, -0.15) is 0 Å². The zero-order valence-electron chi connectivity index (χ0n) is 15.4. The Morgan fingerprint density at radius 1 is 1.09 bits per heavy atom. The Kier molecular flexibility index (Phi) is 8.17. The molecule has 5 nitrogen and oxygen atoms in total. The highest BCUT2D eigenvalue weighted by molar-refractivity contribution is 5.79. The topological polar surface area (TPSA) is 40.1 Å². The molecule has 134 valence electrons. The third-order valence-electron chi connectivity index (χ3n) is 5.35. The van der Waals surface area contributed by atoms with Gasteiger partial charge in [-0.1, -0.05) is 6.92 Å². The number of guanidine groups is 1. The minimum absolute atomic E-state index is 0.443. The summed E-state index contributed by atoms with van der Waals surface area (Å²) in [5, 5.41) is 3.58. The lowest BCUT2D eigenvalue weighted by Gasteiger charge is -2.34. The predicted molar refractivity (Wildman–Crippen MR) is 97.0 cm³/mol. The normalized spacial score (nSPS) is 22.6. The third kappa shape index (κ3) is 5.96. The Balaban J connectivity index is 1.64. The summed E-state index contributed by atoms with van der Waals surface area (Å²) in [5.41, 5.74) is 0. The summed E-state index contributed by atoms with van der Waals surface area (Å²) in [6.07, 6.45) is 6.65. The van der Waals surface area contributed by atoms with Gasteiger partial charge >= 0.3 is 0 Å². The number of nitrogens with one attached hydrogen (secondary N) is 1. The maximum Gasteiger partial charge on any atom is 0.193 e. The molecule has 2 aliphatic heterocycles. The van der Waals surface area contributed by atoms with Gasteiger partial charge in [-0.25, -0.2) is 0 Å². The van der Waals surface area contributed by atoms with Crippen LogP contribution in [-0.4, -0.2) is 74.8 Å². The molecule has 0 aromatic carbocycles. The van der Waals surface area contributed by atoms with E-state index < -0.39 is 0 Å². The van der Waals surface area contributed by atoms with Crippen LogP contribution in [-0.2, 0) is 4.74 Å². The molecule has 0 spiro atoms. The summed E-state index contributed by atoms with van der Waals surface area (Å²) in [6.45, 7) is 12.1. The van der Waals surface area contributed by atoms with Gasteiger partial charge in [0, 0.05) is 33.3 Å². The van der Waals surface area contributed by atoms with Crippen molar-refractivity contribution in [1.82, 2.24) is 15.1 Å². The lowest BCUT2D eigenvalue weighted by Crippen LogP contribution is -2.47. The quantitative estimate of drug-likeness (QED) is 0.600. The van der Waals surface area contributed by atoms with Crippen molar-refractivity contribution >= 4 is 5.96 Å². The molecule has 2 heterocycles. The number of ether oxygens (including phenoxy) is 1. The minimum atomic E-state index is 0.443. The smallest absolute Gasteiger partial charge is 0.193 e. The average molecular weight is 325 g/mol. The second kappa shape index (κ2) is 10.1. The first-order valence-electron chi connectivity index (χ1n) is 9.56. The second-order valence-corrected chi connectivity index (χ2v) is 6.78. The Hall–Kier alpha value is -0.810. The number of rotatable bonds is 6. The summed E-state index contributed by atoms with van der Waals surface area (Å²) < 4.78 is 5.73. The van der Waals surface area contributed by atoms with Crippen molar-refractivity contribution in [2.45, 2.75) is 52.1 Å². The molecular formula is C18H36N4O. The van der Waals surface area contributed by atoms with E-state index >= 15 is 0 Å². The van der Waals surface area contributed by atoms with Crippen LogP contribution in [0.15, 0.2) is 4.99 Å². The van der Waals surface area contributed by atoms with Crippen molar-refractivity contribution in [3.05, 3.63) is 0 Å². The maximum absolute atomic E-state index is 5.73. The highest BCUT2D eigenvalue weighted by Gasteiger charge is 2.22. The van der Waals surface area contributed by atoms with E-state index in [0.29, 0.717) is 6.10 Å². The Labute approximate surface area is 142 Å². The number of piperidine rings is 2. The molecule has 0 radical (unpaired) electrons. The second-order valence-electron chi connectivity index (χ2n) is 6.78. The van der Waals surface area contributed by atoms with Crippen LogP contribution in [0.3, 0.4) is 0 Å². The fraction of sp³-hybridized carbons (Fsp3) is 0.944. The van der Waals surface area contributed by atoms with Crippen molar-refractivity contribution in [3.63, 3.8) is 0 Å². The van der Waals surface area contributed by atoms with E-state index in [1.165, 1.54) is 38.9 Å². The van der Waals surface area contributed by atoms with Crippen molar-refractivity contribution in [1.29, 1.82) is 0 Å². The molecule has 2 aliphatic rings. The molecule has 0 bridgehead atoms. The van der Waals surface area contributed by atoms with Crippen LogP contribution in [0.5, 0.6) is 0 Å². The summed E-state index contributed by atoms with van der Waals surface area (Å²) in [4.78, 5) is 9.42. The summed E-state index contributed by atoms with van der Waals surface area (Å²) >= 11 is 0. The van der Waals surface area contributed by atoms with Gasteiger partial charge in [-0.05, 0) is 64.6 Å². The average Bonchev–Trinajstić information content (AvgIpc) is 2.60. The molecule has 2 fully saturated rings. The predicted octanol–water partition coefficient (Wildman–Crippen LogP) is 2.18. The van der Waals surface area contributed by atoms with E-state index in [9.17, 15) is 0 Å². The van der Waals surface area contributed by atoms with E-state index in [1.807, 2.05) is 7.05 Å². The highest BCUT2D eigenvalue weighted by Crippen LogP contribution is 2.19. The largest absolute Gasteiger partial charge is 0.378 e. The summed E-state index contributed by atoms with van der Waals surface area (Å²) in [5.74, 6) is 1.96. The molecule has 0 aromatic heterocycles. The van der Waals surface area contributed by atoms with Crippen LogP contribution in [0, 0.1) is 5.92 Å². The summed E-state index contributed by atoms with van der Waals surface area (Å²) in [7, 11) is 1.90. The van der Waals surface area contributed by atoms with Crippen LogP contribution in [0.1, 0.15) is 46.0 Å². The minimum Gasteiger partial charge on any atom is -0.378 e. The van der Waals surface area contributed by atoms with Crippen molar-refractivity contribution in [3.8, 4) is 0 Å². The number of nitrogens with zero attached hydrogens (tertiary/aromatic N) is 3. The molecule has 0 aliphatic carbocycles. The number of aliphatic imine (C=N–C) groups is 1. The Morgan fingerprint density at radius 2 is 1.78 bits per heavy atom. The van der Waals surface area contributed by atoms with E-state index in [4.69, 9.17) is 4.74 Å². The SMILES string of the molecule is CCOC1CCN(C(=NC)NCCC2CCN(CC)CC2)CC1. The van der Waals surface area contributed by atoms with Crippen LogP contribution >= 0.6 is 0 Å². The van der Waals surface area contributed by atoms with E-state index in [2.05, 4.69) is 34.0 Å². The molecule has 23 heavy (non-hydrogen) atoms. The lowest BCUT2D eigenvalue weighted by molar-refractivity contribution is 0.0263. The van der Waals surface area contributed by atoms with Gasteiger partial charge in [0.2, 0.25) is 0 Å². The van der Waals surface area contributed by atoms with Gasteiger partial charge in [-0.3, -0.25) is 4.99 Å². The highest BCUT2D eigenvalue weighted by atomic mass is 16.5. The Morgan fingerprint density at radius 3 is 2.35 bits per heavy atom. The van der Waals surface area contributed by atoms with Crippen LogP contribution < -0.4 is 5.32 Å². The molecular weight excluding hydrogens is 288 g/mol. The van der Waals surface area contributed by atoms with Gasteiger partial charge in [0.05, 0.1) is 6.10 Å². The fourth-order valence-electron chi connectivity index (χ4n) is 3.78. The van der Waals surface area contributed by atoms with Crippen molar-refractivity contribution < 1.29 is 4.74 Å². The van der Waals surface area contributed by atoms with Gasteiger partial charge < -0.3 is 19.9 Å². The number of hydrogen-bond acceptors (Lipinski definition) is 3. The molecule has 0 saturated carbocycles.